The first-order valence-corrected chi connectivity index (χ1v) is 9.79. The number of benzene rings is 1. The highest BCUT2D eigenvalue weighted by atomic mass is 32.2. The number of fused-ring (bicyclic) bond motifs is 1. The van der Waals surface area contributed by atoms with Gasteiger partial charge in [-0.25, -0.2) is 4.79 Å². The third-order valence-electron chi connectivity index (χ3n) is 5.23. The van der Waals surface area contributed by atoms with Gasteiger partial charge in [0.2, 0.25) is 0 Å². The highest BCUT2D eigenvalue weighted by molar-refractivity contribution is 7.99. The maximum Gasteiger partial charge on any atom is 0.327 e. The molecular formula is C20H21NO4S. The molecule has 1 unspecified atom stereocenters. The fourth-order valence-electron chi connectivity index (χ4n) is 3.48. The van der Waals surface area contributed by atoms with Crippen molar-refractivity contribution < 1.29 is 14.6 Å². The zero-order valence-corrected chi connectivity index (χ0v) is 15.6. The average molecular weight is 371 g/mol. The molecule has 1 atom stereocenters. The molecule has 1 aliphatic heterocycles. The van der Waals surface area contributed by atoms with Gasteiger partial charge in [0.25, 0.3) is 5.56 Å². The molecule has 1 aliphatic carbocycles. The minimum Gasteiger partial charge on any atom is -0.489 e. The van der Waals surface area contributed by atoms with Gasteiger partial charge in [0, 0.05) is 17.4 Å². The van der Waals surface area contributed by atoms with Crippen molar-refractivity contribution in [2.24, 2.45) is 0 Å². The van der Waals surface area contributed by atoms with Gasteiger partial charge in [-0.05, 0) is 55.4 Å². The molecule has 1 saturated carbocycles. The Kier molecular flexibility index (Phi) is 4.31. The Morgan fingerprint density at radius 3 is 2.81 bits per heavy atom. The van der Waals surface area contributed by atoms with Gasteiger partial charge in [0.15, 0.2) is 0 Å². The van der Waals surface area contributed by atoms with Crippen LogP contribution in [0.4, 0.5) is 0 Å². The van der Waals surface area contributed by atoms with Gasteiger partial charge in [-0.2, -0.15) is 0 Å². The van der Waals surface area contributed by atoms with E-state index in [-0.39, 0.29) is 5.56 Å². The SMILES string of the molecule is Cc1cccc(OCc2cc(=O)n3c(c2C2CC2)SCC3C(=O)O)c1C. The number of hydrogen-bond acceptors (Lipinski definition) is 4. The molecule has 5 nitrogen and oxygen atoms in total. The van der Waals surface area contributed by atoms with Crippen LogP contribution in [-0.2, 0) is 11.4 Å². The summed E-state index contributed by atoms with van der Waals surface area (Å²) in [4.78, 5) is 24.1. The van der Waals surface area contributed by atoms with Crippen molar-refractivity contribution in [2.75, 3.05) is 5.75 Å². The molecule has 1 aromatic carbocycles. The molecule has 0 bridgehead atoms. The Morgan fingerprint density at radius 1 is 1.35 bits per heavy atom. The number of ether oxygens (including phenoxy) is 1. The molecule has 0 spiro atoms. The minimum atomic E-state index is -0.945. The van der Waals surface area contributed by atoms with E-state index in [2.05, 4.69) is 0 Å². The smallest absolute Gasteiger partial charge is 0.327 e. The number of rotatable bonds is 5. The molecule has 2 aromatic rings. The van der Waals surface area contributed by atoms with Crippen LogP contribution in [0, 0.1) is 13.8 Å². The molecule has 136 valence electrons. The largest absolute Gasteiger partial charge is 0.489 e. The molecule has 1 fully saturated rings. The number of aryl methyl sites for hydroxylation is 1. The van der Waals surface area contributed by atoms with Crippen LogP contribution in [0.5, 0.6) is 5.75 Å². The Hall–Kier alpha value is -2.21. The quantitative estimate of drug-likeness (QED) is 0.869. The van der Waals surface area contributed by atoms with Crippen LogP contribution in [0.3, 0.4) is 0 Å². The predicted molar refractivity (Wildman–Crippen MR) is 100 cm³/mol. The molecule has 0 amide bonds. The van der Waals surface area contributed by atoms with Crippen LogP contribution >= 0.6 is 11.8 Å². The number of aliphatic carboxylic acids is 1. The Morgan fingerprint density at radius 2 is 2.12 bits per heavy atom. The van der Waals surface area contributed by atoms with Crippen LogP contribution in [0.25, 0.3) is 0 Å². The second-order valence-electron chi connectivity index (χ2n) is 7.02. The summed E-state index contributed by atoms with van der Waals surface area (Å²) in [6.45, 7) is 4.40. The first kappa shape index (κ1) is 17.2. The number of carboxylic acids is 1. The van der Waals surface area contributed by atoms with Gasteiger partial charge in [-0.1, -0.05) is 12.1 Å². The van der Waals surface area contributed by atoms with Crippen molar-refractivity contribution in [3.63, 3.8) is 0 Å². The maximum absolute atomic E-state index is 12.6. The Labute approximate surface area is 156 Å². The second-order valence-corrected chi connectivity index (χ2v) is 8.03. The van der Waals surface area contributed by atoms with Gasteiger partial charge < -0.3 is 9.84 Å². The van der Waals surface area contributed by atoms with Crippen LogP contribution < -0.4 is 10.3 Å². The fourth-order valence-corrected chi connectivity index (χ4v) is 4.90. The zero-order valence-electron chi connectivity index (χ0n) is 14.8. The molecular weight excluding hydrogens is 350 g/mol. The lowest BCUT2D eigenvalue weighted by Crippen LogP contribution is -2.29. The average Bonchev–Trinajstić information content (AvgIpc) is 3.33. The number of pyridine rings is 1. The summed E-state index contributed by atoms with van der Waals surface area (Å²) in [6.07, 6.45) is 2.17. The van der Waals surface area contributed by atoms with Crippen LogP contribution in [-0.4, -0.2) is 21.4 Å². The van der Waals surface area contributed by atoms with Gasteiger partial charge in [-0.3, -0.25) is 9.36 Å². The molecule has 26 heavy (non-hydrogen) atoms. The van der Waals surface area contributed by atoms with Gasteiger partial charge in [0.1, 0.15) is 18.4 Å². The maximum atomic E-state index is 12.6. The zero-order chi connectivity index (χ0) is 18.4. The van der Waals surface area contributed by atoms with E-state index in [1.807, 2.05) is 32.0 Å². The van der Waals surface area contributed by atoms with Crippen molar-refractivity contribution in [3.05, 3.63) is 56.9 Å². The van der Waals surface area contributed by atoms with E-state index in [1.165, 1.54) is 21.9 Å². The second kappa shape index (κ2) is 6.50. The monoisotopic (exact) mass is 371 g/mol. The van der Waals surface area contributed by atoms with E-state index < -0.39 is 12.0 Å². The number of thioether (sulfide) groups is 1. The van der Waals surface area contributed by atoms with Crippen LogP contribution in [0.15, 0.2) is 34.1 Å². The standard InChI is InChI=1S/C20H21NO4S/c1-11-4-3-5-16(12(11)2)25-9-14-8-17(22)21-15(20(23)24)10-26-19(21)18(14)13-6-7-13/h3-5,8,13,15H,6-7,9-10H2,1-2H3,(H,23,24). The van der Waals surface area contributed by atoms with E-state index in [0.29, 0.717) is 18.3 Å². The van der Waals surface area contributed by atoms with Crippen molar-refractivity contribution in [2.45, 2.75) is 50.3 Å². The Bertz CT molecular complexity index is 946. The fraction of sp³-hybridized carbons (Fsp3) is 0.400. The lowest BCUT2D eigenvalue weighted by molar-refractivity contribution is -0.140. The summed E-state index contributed by atoms with van der Waals surface area (Å²) in [7, 11) is 0. The van der Waals surface area contributed by atoms with Crippen LogP contribution in [0.2, 0.25) is 0 Å². The number of nitrogens with zero attached hydrogens (tertiary/aromatic N) is 1. The first-order valence-electron chi connectivity index (χ1n) is 8.80. The summed E-state index contributed by atoms with van der Waals surface area (Å²) in [6, 6.07) is 6.75. The topological polar surface area (TPSA) is 68.5 Å². The molecule has 0 saturated heterocycles. The third kappa shape index (κ3) is 2.92. The number of carboxylic acid groups (broad SMARTS) is 1. The normalized spacial score (nSPS) is 18.6. The summed E-state index contributed by atoms with van der Waals surface area (Å²) in [5.41, 5.74) is 4.02. The summed E-state index contributed by atoms with van der Waals surface area (Å²) >= 11 is 1.48. The molecule has 2 aliphatic rings. The number of aromatic nitrogens is 1. The van der Waals surface area contributed by atoms with E-state index in [0.717, 1.165) is 40.3 Å². The Balaban J connectivity index is 1.71. The van der Waals surface area contributed by atoms with Gasteiger partial charge in [0.05, 0.1) is 5.03 Å². The van der Waals surface area contributed by atoms with Crippen LogP contribution in [0.1, 0.15) is 47.1 Å². The van der Waals surface area contributed by atoms with Crippen molar-refractivity contribution in [3.8, 4) is 5.75 Å². The molecule has 2 heterocycles. The lowest BCUT2D eigenvalue weighted by atomic mass is 10.1. The predicted octanol–water partition coefficient (Wildman–Crippen LogP) is 3.65. The first-order chi connectivity index (χ1) is 12.5. The third-order valence-corrected chi connectivity index (χ3v) is 6.40. The van der Waals surface area contributed by atoms with E-state index >= 15 is 0 Å². The minimum absolute atomic E-state index is 0.249. The molecule has 1 N–H and O–H groups in total. The summed E-state index contributed by atoms with van der Waals surface area (Å²) in [5, 5.41) is 10.2. The highest BCUT2D eigenvalue weighted by Gasteiger charge is 2.37. The van der Waals surface area contributed by atoms with Crippen molar-refractivity contribution in [1.29, 1.82) is 0 Å². The van der Waals surface area contributed by atoms with E-state index in [4.69, 9.17) is 4.74 Å². The van der Waals surface area contributed by atoms with E-state index in [1.54, 1.807) is 6.07 Å². The number of hydrogen-bond donors (Lipinski definition) is 1. The van der Waals surface area contributed by atoms with Crippen molar-refractivity contribution >= 4 is 17.7 Å². The molecule has 0 radical (unpaired) electrons. The number of carbonyl (C=O) groups is 1. The summed E-state index contributed by atoms with van der Waals surface area (Å²) < 4.78 is 7.50. The van der Waals surface area contributed by atoms with Gasteiger partial charge in [-0.15, -0.1) is 11.8 Å². The van der Waals surface area contributed by atoms with E-state index in [9.17, 15) is 14.7 Å². The molecule has 4 rings (SSSR count). The van der Waals surface area contributed by atoms with Crippen molar-refractivity contribution in [1.82, 2.24) is 4.57 Å². The lowest BCUT2D eigenvalue weighted by Gasteiger charge is -2.17. The highest BCUT2D eigenvalue weighted by Crippen LogP contribution is 2.48. The summed E-state index contributed by atoms with van der Waals surface area (Å²) in [5.74, 6) is 0.697. The molecule has 1 aromatic heterocycles. The molecule has 6 heteroatoms. The van der Waals surface area contributed by atoms with Gasteiger partial charge >= 0.3 is 5.97 Å².